The smallest absolute Gasteiger partial charge is 0.161 e. The van der Waals surface area contributed by atoms with Gasteiger partial charge in [-0.2, -0.15) is 0 Å². The van der Waals surface area contributed by atoms with Gasteiger partial charge in [0.2, 0.25) is 0 Å². The molecule has 4 heteroatoms. The van der Waals surface area contributed by atoms with Crippen molar-refractivity contribution < 1.29 is 19.7 Å². The van der Waals surface area contributed by atoms with Crippen LogP contribution in [0.3, 0.4) is 0 Å². The highest BCUT2D eigenvalue weighted by molar-refractivity contribution is 5.42. The molecule has 0 unspecified atom stereocenters. The normalized spacial score (nSPS) is 11.2. The SMILES string of the molecule is CC[NH+](CC)CCC[NH2+]Cc1ccc(OC(C)C)c(OC)c1. The van der Waals surface area contributed by atoms with Crippen molar-refractivity contribution >= 4 is 0 Å². The number of hydrogen-bond acceptors (Lipinski definition) is 2. The van der Waals surface area contributed by atoms with E-state index in [0.717, 1.165) is 18.0 Å². The summed E-state index contributed by atoms with van der Waals surface area (Å²) in [4.78, 5) is 1.69. The molecule has 0 saturated heterocycles. The van der Waals surface area contributed by atoms with Crippen molar-refractivity contribution in [2.24, 2.45) is 0 Å². The molecule has 126 valence electrons. The fourth-order valence-corrected chi connectivity index (χ4v) is 2.56. The minimum atomic E-state index is 0.161. The number of methoxy groups -OCH3 is 1. The summed E-state index contributed by atoms with van der Waals surface area (Å²) in [6.45, 7) is 14.5. The van der Waals surface area contributed by atoms with Crippen LogP contribution in [0.1, 0.15) is 39.7 Å². The molecular weight excluding hydrogens is 276 g/mol. The molecule has 0 aliphatic heterocycles. The van der Waals surface area contributed by atoms with Crippen LogP contribution in [0.5, 0.6) is 11.5 Å². The molecular formula is C18H34N2O2+2. The van der Waals surface area contributed by atoms with E-state index in [1.54, 1.807) is 12.0 Å². The lowest BCUT2D eigenvalue weighted by Crippen LogP contribution is -3.11. The van der Waals surface area contributed by atoms with E-state index < -0.39 is 0 Å². The predicted octanol–water partition coefficient (Wildman–Crippen LogP) is 0.861. The van der Waals surface area contributed by atoms with Gasteiger partial charge in [-0.25, -0.2) is 0 Å². The van der Waals surface area contributed by atoms with Crippen molar-refractivity contribution in [3.63, 3.8) is 0 Å². The average Bonchev–Trinajstić information content (AvgIpc) is 2.51. The molecule has 0 fully saturated rings. The van der Waals surface area contributed by atoms with Gasteiger partial charge < -0.3 is 19.7 Å². The first-order valence-electron chi connectivity index (χ1n) is 8.59. The van der Waals surface area contributed by atoms with Crippen LogP contribution in [0.15, 0.2) is 18.2 Å². The second-order valence-electron chi connectivity index (χ2n) is 5.99. The molecule has 0 spiro atoms. The van der Waals surface area contributed by atoms with Crippen molar-refractivity contribution in [3.8, 4) is 11.5 Å². The Morgan fingerprint density at radius 3 is 2.45 bits per heavy atom. The van der Waals surface area contributed by atoms with E-state index in [2.05, 4.69) is 31.3 Å². The Bertz CT molecular complexity index is 418. The standard InChI is InChI=1S/C18H32N2O2/c1-6-20(7-2)12-8-11-19-14-16-9-10-17(22-15(3)4)18(13-16)21-5/h9-10,13,15,19H,6-8,11-12,14H2,1-5H3/p+2. The molecule has 3 N–H and O–H groups in total. The number of nitrogens with one attached hydrogen (secondary N) is 1. The van der Waals surface area contributed by atoms with Crippen molar-refractivity contribution in [1.82, 2.24) is 0 Å². The number of hydrogen-bond donors (Lipinski definition) is 2. The summed E-state index contributed by atoms with van der Waals surface area (Å²) in [6.07, 6.45) is 1.43. The Labute approximate surface area is 135 Å². The fourth-order valence-electron chi connectivity index (χ4n) is 2.56. The fraction of sp³-hybridized carbons (Fsp3) is 0.667. The monoisotopic (exact) mass is 310 g/mol. The van der Waals surface area contributed by atoms with Gasteiger partial charge in [-0.3, -0.25) is 0 Å². The van der Waals surface area contributed by atoms with Crippen molar-refractivity contribution in [2.45, 2.75) is 46.8 Å². The van der Waals surface area contributed by atoms with Crippen LogP contribution < -0.4 is 19.7 Å². The summed E-state index contributed by atoms with van der Waals surface area (Å²) in [5.41, 5.74) is 1.28. The highest BCUT2D eigenvalue weighted by Crippen LogP contribution is 2.28. The number of benzene rings is 1. The first-order chi connectivity index (χ1) is 10.6. The van der Waals surface area contributed by atoms with E-state index in [4.69, 9.17) is 9.47 Å². The number of rotatable bonds is 11. The Hall–Kier alpha value is -1.26. The van der Waals surface area contributed by atoms with Gasteiger partial charge in [0.25, 0.3) is 0 Å². The lowest BCUT2D eigenvalue weighted by atomic mass is 10.2. The second kappa shape index (κ2) is 10.5. The van der Waals surface area contributed by atoms with Crippen LogP contribution in [-0.4, -0.2) is 39.4 Å². The van der Waals surface area contributed by atoms with Crippen LogP contribution in [0.4, 0.5) is 0 Å². The summed E-state index contributed by atoms with van der Waals surface area (Å²) in [7, 11) is 1.70. The predicted molar refractivity (Wildman–Crippen MR) is 90.8 cm³/mol. The van der Waals surface area contributed by atoms with Crippen molar-refractivity contribution in [1.29, 1.82) is 0 Å². The largest absolute Gasteiger partial charge is 0.493 e. The molecule has 1 aromatic rings. The van der Waals surface area contributed by atoms with Gasteiger partial charge in [-0.05, 0) is 45.9 Å². The Morgan fingerprint density at radius 2 is 1.86 bits per heavy atom. The summed E-state index contributed by atoms with van der Waals surface area (Å²) in [6, 6.07) is 6.23. The topological polar surface area (TPSA) is 39.5 Å². The Kier molecular flexibility index (Phi) is 8.94. The lowest BCUT2D eigenvalue weighted by Gasteiger charge is -2.15. The summed E-state index contributed by atoms with van der Waals surface area (Å²) < 4.78 is 11.2. The minimum absolute atomic E-state index is 0.161. The van der Waals surface area contributed by atoms with E-state index in [1.807, 2.05) is 19.9 Å². The van der Waals surface area contributed by atoms with Gasteiger partial charge in [0.15, 0.2) is 11.5 Å². The first-order valence-corrected chi connectivity index (χ1v) is 8.59. The molecule has 22 heavy (non-hydrogen) atoms. The van der Waals surface area contributed by atoms with E-state index >= 15 is 0 Å². The van der Waals surface area contributed by atoms with Crippen LogP contribution in [0.2, 0.25) is 0 Å². The van der Waals surface area contributed by atoms with Gasteiger partial charge in [-0.1, -0.05) is 0 Å². The average molecular weight is 310 g/mol. The molecule has 1 rings (SSSR count). The minimum Gasteiger partial charge on any atom is -0.493 e. The zero-order valence-electron chi connectivity index (χ0n) is 14.9. The summed E-state index contributed by atoms with van der Waals surface area (Å²) in [5.74, 6) is 1.65. The van der Waals surface area contributed by atoms with Crippen molar-refractivity contribution in [2.75, 3.05) is 33.3 Å². The maximum Gasteiger partial charge on any atom is 0.161 e. The van der Waals surface area contributed by atoms with E-state index in [9.17, 15) is 0 Å². The van der Waals surface area contributed by atoms with Crippen LogP contribution in [0.25, 0.3) is 0 Å². The van der Waals surface area contributed by atoms with Gasteiger partial charge >= 0.3 is 0 Å². The molecule has 0 heterocycles. The maximum absolute atomic E-state index is 5.75. The molecule has 4 nitrogen and oxygen atoms in total. The number of nitrogens with two attached hydrogens (primary N) is 1. The third-order valence-electron chi connectivity index (χ3n) is 3.91. The molecule has 0 radical (unpaired) electrons. The van der Waals surface area contributed by atoms with Crippen molar-refractivity contribution in [3.05, 3.63) is 23.8 Å². The van der Waals surface area contributed by atoms with Gasteiger partial charge in [-0.15, -0.1) is 0 Å². The zero-order chi connectivity index (χ0) is 16.4. The second-order valence-corrected chi connectivity index (χ2v) is 5.99. The highest BCUT2D eigenvalue weighted by Gasteiger charge is 2.08. The number of quaternary nitrogens is 2. The number of ether oxygens (including phenoxy) is 2. The van der Waals surface area contributed by atoms with E-state index in [0.29, 0.717) is 0 Å². The lowest BCUT2D eigenvalue weighted by molar-refractivity contribution is -0.898. The molecule has 0 saturated carbocycles. The molecule has 0 atom stereocenters. The molecule has 0 bridgehead atoms. The van der Waals surface area contributed by atoms with Gasteiger partial charge in [0.1, 0.15) is 6.54 Å². The quantitative estimate of drug-likeness (QED) is 0.595. The molecule has 0 aliphatic rings. The summed E-state index contributed by atoms with van der Waals surface area (Å²) >= 11 is 0. The van der Waals surface area contributed by atoms with E-state index in [-0.39, 0.29) is 6.10 Å². The third kappa shape index (κ3) is 6.67. The Balaban J connectivity index is 2.40. The molecule has 1 aromatic carbocycles. The highest BCUT2D eigenvalue weighted by atomic mass is 16.5. The zero-order valence-corrected chi connectivity index (χ0v) is 14.9. The van der Waals surface area contributed by atoms with Crippen LogP contribution in [0, 0.1) is 0 Å². The van der Waals surface area contributed by atoms with Gasteiger partial charge in [0, 0.05) is 12.0 Å². The molecule has 0 aromatic heterocycles. The maximum atomic E-state index is 5.75. The molecule has 0 aliphatic carbocycles. The third-order valence-corrected chi connectivity index (χ3v) is 3.91. The van der Waals surface area contributed by atoms with Gasteiger partial charge in [0.05, 0.1) is 39.4 Å². The molecule has 0 amide bonds. The van der Waals surface area contributed by atoms with E-state index in [1.165, 1.54) is 38.2 Å². The van der Waals surface area contributed by atoms with Crippen LogP contribution >= 0.6 is 0 Å². The summed E-state index contributed by atoms with van der Waals surface area (Å²) in [5, 5.41) is 2.38. The first kappa shape index (κ1) is 18.8. The Morgan fingerprint density at radius 1 is 1.14 bits per heavy atom. The van der Waals surface area contributed by atoms with Crippen LogP contribution in [-0.2, 0) is 6.54 Å².